The predicted molar refractivity (Wildman–Crippen MR) is 83.2 cm³/mol. The van der Waals surface area contributed by atoms with Gasteiger partial charge in [-0.2, -0.15) is 0 Å². The van der Waals surface area contributed by atoms with Crippen LogP contribution in [0.4, 0.5) is 13.2 Å². The van der Waals surface area contributed by atoms with Gasteiger partial charge >= 0.3 is 0 Å². The first-order valence-electron chi connectivity index (χ1n) is 5.89. The Balaban J connectivity index is 2.36. The Morgan fingerprint density at radius 2 is 1.76 bits per heavy atom. The van der Waals surface area contributed by atoms with Gasteiger partial charge in [0.2, 0.25) is 0 Å². The van der Waals surface area contributed by atoms with E-state index in [1.165, 1.54) is 4.57 Å². The van der Waals surface area contributed by atoms with Gasteiger partial charge < -0.3 is 0 Å². The second kappa shape index (κ2) is 5.49. The first-order valence-corrected chi connectivity index (χ1v) is 7.50. The molecule has 0 bridgehead atoms. The molecular weight excluding hydrogens is 416 g/mol. The third kappa shape index (κ3) is 2.50. The highest BCUT2D eigenvalue weighted by atomic mass is 127. The second-order valence-electron chi connectivity index (χ2n) is 4.35. The van der Waals surface area contributed by atoms with Crippen molar-refractivity contribution in [3.63, 3.8) is 0 Å². The Hall–Kier alpha value is -1.28. The number of alkyl halides is 1. The topological polar surface area (TPSA) is 17.8 Å². The third-order valence-electron chi connectivity index (χ3n) is 3.04. The molecule has 0 amide bonds. The van der Waals surface area contributed by atoms with Crippen LogP contribution in [0.5, 0.6) is 0 Å². The first kappa shape index (κ1) is 14.6. The van der Waals surface area contributed by atoms with Crippen LogP contribution in [0.2, 0.25) is 0 Å². The van der Waals surface area contributed by atoms with Crippen molar-refractivity contribution in [3.05, 3.63) is 57.2 Å². The lowest BCUT2D eigenvalue weighted by Gasteiger charge is -2.09. The summed E-state index contributed by atoms with van der Waals surface area (Å²) in [5, 5.41) is 0. The zero-order valence-electron chi connectivity index (χ0n) is 10.4. The Bertz CT molecular complexity index is 848. The second-order valence-corrected chi connectivity index (χ2v) is 5.86. The Morgan fingerprint density at radius 3 is 2.48 bits per heavy atom. The number of benzene rings is 2. The number of hydrogen-bond donors (Lipinski definition) is 0. The van der Waals surface area contributed by atoms with Gasteiger partial charge in [-0.15, -0.1) is 11.6 Å². The van der Waals surface area contributed by atoms with Gasteiger partial charge in [-0.05, 0) is 40.8 Å². The molecule has 0 N–H and O–H groups in total. The molecule has 21 heavy (non-hydrogen) atoms. The lowest BCUT2D eigenvalue weighted by molar-refractivity contribution is 0.493. The van der Waals surface area contributed by atoms with E-state index in [1.54, 1.807) is 12.1 Å². The molecule has 0 aliphatic rings. The normalized spacial score (nSPS) is 11.3. The number of hydrogen-bond acceptors (Lipinski definition) is 1. The average Bonchev–Trinajstić information content (AvgIpc) is 2.80. The minimum absolute atomic E-state index is 0.0176. The molecule has 3 rings (SSSR count). The van der Waals surface area contributed by atoms with Crippen LogP contribution in [-0.4, -0.2) is 9.55 Å². The number of imidazole rings is 1. The lowest BCUT2D eigenvalue weighted by Crippen LogP contribution is -2.04. The molecule has 108 valence electrons. The molecule has 0 atom stereocenters. The molecule has 0 unspecified atom stereocenters. The van der Waals surface area contributed by atoms with Crippen molar-refractivity contribution in [3.8, 4) is 5.69 Å². The highest BCUT2D eigenvalue weighted by molar-refractivity contribution is 14.1. The molecule has 0 aliphatic heterocycles. The minimum Gasteiger partial charge on any atom is -0.292 e. The largest absolute Gasteiger partial charge is 0.292 e. The van der Waals surface area contributed by atoms with Gasteiger partial charge in [-0.25, -0.2) is 18.2 Å². The number of fused-ring (bicyclic) bond motifs is 1. The smallest absolute Gasteiger partial charge is 0.161 e. The van der Waals surface area contributed by atoms with Crippen molar-refractivity contribution in [2.75, 3.05) is 0 Å². The van der Waals surface area contributed by atoms with Gasteiger partial charge in [-0.1, -0.05) is 0 Å². The SMILES string of the molecule is Fc1cc(F)c(-n2c(CCl)nc3cc(I)ccc32)cc1F. The van der Waals surface area contributed by atoms with Crippen LogP contribution >= 0.6 is 34.2 Å². The molecule has 2 aromatic carbocycles. The van der Waals surface area contributed by atoms with E-state index in [0.29, 0.717) is 22.9 Å². The predicted octanol–water partition coefficient (Wildman–Crippen LogP) is 4.79. The number of nitrogens with zero attached hydrogens (tertiary/aromatic N) is 2. The minimum atomic E-state index is -1.23. The van der Waals surface area contributed by atoms with Crippen molar-refractivity contribution in [1.82, 2.24) is 9.55 Å². The summed E-state index contributed by atoms with van der Waals surface area (Å²) < 4.78 is 42.9. The molecule has 0 spiro atoms. The Labute approximate surface area is 136 Å². The van der Waals surface area contributed by atoms with E-state index < -0.39 is 17.5 Å². The quantitative estimate of drug-likeness (QED) is 0.330. The van der Waals surface area contributed by atoms with E-state index >= 15 is 0 Å². The summed E-state index contributed by atoms with van der Waals surface area (Å²) in [5.41, 5.74) is 1.07. The molecule has 0 saturated heterocycles. The fourth-order valence-corrected chi connectivity index (χ4v) is 2.80. The Morgan fingerprint density at radius 1 is 1.05 bits per heavy atom. The van der Waals surface area contributed by atoms with Crippen LogP contribution in [0, 0.1) is 21.0 Å². The van der Waals surface area contributed by atoms with Gasteiger partial charge in [0.25, 0.3) is 0 Å². The van der Waals surface area contributed by atoms with Crippen LogP contribution < -0.4 is 0 Å². The molecule has 0 saturated carbocycles. The van der Waals surface area contributed by atoms with E-state index in [2.05, 4.69) is 27.6 Å². The number of halogens is 5. The van der Waals surface area contributed by atoms with Crippen molar-refractivity contribution < 1.29 is 13.2 Å². The molecule has 2 nitrogen and oxygen atoms in total. The van der Waals surface area contributed by atoms with Gasteiger partial charge in [-0.3, -0.25) is 4.57 Å². The maximum absolute atomic E-state index is 14.0. The molecular formula is C14H7ClF3IN2. The maximum Gasteiger partial charge on any atom is 0.161 e. The summed E-state index contributed by atoms with van der Waals surface area (Å²) >= 11 is 7.97. The van der Waals surface area contributed by atoms with Gasteiger partial charge in [0.1, 0.15) is 11.6 Å². The molecule has 7 heteroatoms. The van der Waals surface area contributed by atoms with Crippen molar-refractivity contribution >= 4 is 45.2 Å². The fourth-order valence-electron chi connectivity index (χ4n) is 2.15. The number of rotatable bonds is 2. The average molecular weight is 423 g/mol. The van der Waals surface area contributed by atoms with Crippen LogP contribution in [-0.2, 0) is 5.88 Å². The van der Waals surface area contributed by atoms with Crippen molar-refractivity contribution in [2.45, 2.75) is 5.88 Å². The third-order valence-corrected chi connectivity index (χ3v) is 3.95. The first-order chi connectivity index (χ1) is 10.0. The fraction of sp³-hybridized carbons (Fsp3) is 0.0714. The van der Waals surface area contributed by atoms with E-state index in [0.717, 1.165) is 9.64 Å². The highest BCUT2D eigenvalue weighted by Crippen LogP contribution is 2.27. The maximum atomic E-state index is 14.0. The monoisotopic (exact) mass is 422 g/mol. The summed E-state index contributed by atoms with van der Waals surface area (Å²) in [4.78, 5) is 4.30. The van der Waals surface area contributed by atoms with Crippen molar-refractivity contribution in [2.24, 2.45) is 0 Å². The molecule has 1 heterocycles. The van der Waals surface area contributed by atoms with Gasteiger partial charge in [0, 0.05) is 15.7 Å². The van der Waals surface area contributed by atoms with E-state index in [-0.39, 0.29) is 11.6 Å². The molecule has 1 aromatic heterocycles. The Kier molecular flexibility index (Phi) is 3.83. The number of aromatic nitrogens is 2. The van der Waals surface area contributed by atoms with Crippen molar-refractivity contribution in [1.29, 1.82) is 0 Å². The standard InChI is InChI=1S/C14H7ClF3IN2/c15-6-14-20-11-3-7(19)1-2-12(11)21(14)13-5-9(17)8(16)4-10(13)18/h1-5H,6H2. The van der Waals surface area contributed by atoms with Gasteiger partial charge in [0.05, 0.1) is 22.6 Å². The summed E-state index contributed by atoms with van der Waals surface area (Å²) in [6.45, 7) is 0. The molecule has 0 aliphatic carbocycles. The summed E-state index contributed by atoms with van der Waals surface area (Å²) in [7, 11) is 0. The summed E-state index contributed by atoms with van der Waals surface area (Å²) in [5.74, 6) is -2.86. The van der Waals surface area contributed by atoms with Crippen LogP contribution in [0.15, 0.2) is 30.3 Å². The molecule has 0 radical (unpaired) electrons. The lowest BCUT2D eigenvalue weighted by atomic mass is 10.2. The van der Waals surface area contributed by atoms with E-state index in [1.807, 2.05) is 6.07 Å². The van der Waals surface area contributed by atoms with Crippen LogP contribution in [0.25, 0.3) is 16.7 Å². The zero-order chi connectivity index (χ0) is 15.1. The molecule has 0 fully saturated rings. The zero-order valence-corrected chi connectivity index (χ0v) is 13.3. The summed E-state index contributed by atoms with van der Waals surface area (Å²) in [6.07, 6.45) is 0. The van der Waals surface area contributed by atoms with E-state index in [9.17, 15) is 13.2 Å². The summed E-state index contributed by atoms with van der Waals surface area (Å²) in [6, 6.07) is 6.68. The van der Waals surface area contributed by atoms with Gasteiger partial charge in [0.15, 0.2) is 11.6 Å². The highest BCUT2D eigenvalue weighted by Gasteiger charge is 2.17. The van der Waals surface area contributed by atoms with Crippen LogP contribution in [0.3, 0.4) is 0 Å². The van der Waals surface area contributed by atoms with E-state index in [4.69, 9.17) is 11.6 Å². The molecule has 3 aromatic rings. The van der Waals surface area contributed by atoms with Crippen LogP contribution in [0.1, 0.15) is 5.82 Å².